The van der Waals surface area contributed by atoms with Crippen molar-refractivity contribution in [1.82, 2.24) is 0 Å². The van der Waals surface area contributed by atoms with Gasteiger partial charge in [0.25, 0.3) is 0 Å². The van der Waals surface area contributed by atoms with Gasteiger partial charge in [0.2, 0.25) is 0 Å². The van der Waals surface area contributed by atoms with Crippen molar-refractivity contribution in [2.75, 3.05) is 0 Å². The van der Waals surface area contributed by atoms with Crippen LogP contribution in [0.2, 0.25) is 0 Å². The Balaban J connectivity index is 0.000000157. The number of rotatable bonds is 0. The normalized spacial score (nSPS) is 11.3. The van der Waals surface area contributed by atoms with Gasteiger partial charge in [-0.3, -0.25) is 0 Å². The summed E-state index contributed by atoms with van der Waals surface area (Å²) in [5, 5.41) is 44.0. The van der Waals surface area contributed by atoms with Crippen molar-refractivity contribution < 1.29 is 33.7 Å². The molecule has 0 radical (unpaired) electrons. The van der Waals surface area contributed by atoms with E-state index in [2.05, 4.69) is 45.5 Å². The summed E-state index contributed by atoms with van der Waals surface area (Å²) in [6.07, 6.45) is 4.81. The van der Waals surface area contributed by atoms with Crippen LogP contribution in [-0.4, -0.2) is 37.2 Å². The Kier molecular flexibility index (Phi) is 14.3. The number of halogens is 1. The highest BCUT2D eigenvalue weighted by molar-refractivity contribution is 9.10. The zero-order valence-electron chi connectivity index (χ0n) is 38.1. The molecule has 0 aliphatic heterocycles. The van der Waals surface area contributed by atoms with Gasteiger partial charge in [0.1, 0.15) is 39.3 Å². The van der Waals surface area contributed by atoms with E-state index >= 15 is 0 Å². The molecular weight excluding hydrogens is 913 g/mol. The minimum atomic E-state index is -1.10. The van der Waals surface area contributed by atoms with Crippen molar-refractivity contribution in [1.29, 1.82) is 0 Å². The van der Waals surface area contributed by atoms with Crippen LogP contribution in [0.3, 0.4) is 0 Å². The molecule has 0 saturated carbocycles. The number of terminal acetylenes is 1. The number of aryl methyl sites for hydroxylation is 2. The van der Waals surface area contributed by atoms with Crippen LogP contribution in [0, 0.1) is 49.9 Å². The molecule has 0 fully saturated rings. The van der Waals surface area contributed by atoms with Crippen LogP contribution in [0.1, 0.15) is 63.8 Å². The minimum Gasteiger partial charge on any atom is -0.508 e. The van der Waals surface area contributed by atoms with Gasteiger partial charge in [0, 0.05) is 48.6 Å². The highest BCUT2D eigenvalue weighted by Crippen LogP contribution is 2.28. The van der Waals surface area contributed by atoms with Gasteiger partial charge in [-0.15, -0.1) is 6.42 Å². The summed E-state index contributed by atoms with van der Waals surface area (Å²) in [6, 6.07) is 32.7. The van der Waals surface area contributed by atoms with Crippen molar-refractivity contribution in [2.45, 2.75) is 72.2 Å². The van der Waals surface area contributed by atoms with Gasteiger partial charge in [0.05, 0.1) is 16.2 Å². The second kappa shape index (κ2) is 19.6. The van der Waals surface area contributed by atoms with Crippen molar-refractivity contribution in [3.05, 3.63) is 167 Å². The van der Waals surface area contributed by atoms with E-state index in [1.54, 1.807) is 84.0 Å². The van der Waals surface area contributed by atoms with Crippen molar-refractivity contribution in [3.8, 4) is 41.8 Å². The van der Waals surface area contributed by atoms with Crippen LogP contribution in [0.4, 0.5) is 0 Å². The number of hydrogen-bond donors (Lipinski definition) is 4. The summed E-state index contributed by atoms with van der Waals surface area (Å²) in [7, 11) is 0. The lowest BCUT2D eigenvalue weighted by molar-refractivity contribution is 0.143. The molecule has 0 saturated heterocycles. The Bertz CT molecular complexity index is 3560. The molecule has 3 heterocycles. The lowest BCUT2D eigenvalue weighted by Crippen LogP contribution is -2.14. The van der Waals surface area contributed by atoms with Crippen molar-refractivity contribution in [3.63, 3.8) is 0 Å². The quantitative estimate of drug-likeness (QED) is 0.0651. The average molecular weight is 960 g/mol. The molecule has 0 aliphatic rings. The number of hydrogen-bond acceptors (Lipinski definition) is 10. The highest BCUT2D eigenvalue weighted by Gasteiger charge is 2.12. The number of aliphatic hydroxyl groups is 3. The van der Waals surface area contributed by atoms with Crippen molar-refractivity contribution in [2.24, 2.45) is 0 Å². The maximum Gasteiger partial charge on any atom is 0.344 e. The Labute approximate surface area is 394 Å². The molecule has 9 aromatic rings. The fourth-order valence-electron chi connectivity index (χ4n) is 6.58. The monoisotopic (exact) mass is 958 g/mol. The van der Waals surface area contributed by atoms with Gasteiger partial charge in [-0.1, -0.05) is 88.0 Å². The summed E-state index contributed by atoms with van der Waals surface area (Å²) in [5.74, 6) is 13.4. The topological polar surface area (TPSA) is 172 Å². The fraction of sp³-hybridized carbons (Fsp3) is 0.196. The van der Waals surface area contributed by atoms with E-state index in [0.29, 0.717) is 44.0 Å². The molecule has 3 aromatic heterocycles. The average Bonchev–Trinajstić information content (AvgIpc) is 3.25. The molecule has 10 nitrogen and oxygen atoms in total. The molecule has 0 aliphatic carbocycles. The third-order valence-corrected chi connectivity index (χ3v) is 10.3. The molecule has 0 bridgehead atoms. The predicted octanol–water partition coefficient (Wildman–Crippen LogP) is 10.6. The number of fused-ring (bicyclic) bond motifs is 9. The van der Waals surface area contributed by atoms with Crippen LogP contribution >= 0.6 is 15.9 Å². The Hall–Kier alpha value is -7.43. The van der Waals surface area contributed by atoms with Gasteiger partial charge in [-0.25, -0.2) is 14.4 Å². The predicted molar refractivity (Wildman–Crippen MR) is 270 cm³/mol. The van der Waals surface area contributed by atoms with E-state index in [-0.39, 0.29) is 17.0 Å². The lowest BCUT2D eigenvalue weighted by Gasteiger charge is -2.06. The molecule has 6 aromatic carbocycles. The molecule has 338 valence electrons. The molecule has 0 atom stereocenters. The zero-order valence-corrected chi connectivity index (χ0v) is 39.7. The van der Waals surface area contributed by atoms with Gasteiger partial charge < -0.3 is 33.7 Å². The van der Waals surface area contributed by atoms with Crippen LogP contribution < -0.4 is 16.9 Å². The summed E-state index contributed by atoms with van der Waals surface area (Å²) in [6.45, 7) is 13.5. The third kappa shape index (κ3) is 12.7. The number of aromatic hydroxyl groups is 1. The molecule has 0 amide bonds. The molecule has 9 rings (SSSR count). The Morgan fingerprint density at radius 2 is 0.806 bits per heavy atom. The van der Waals surface area contributed by atoms with E-state index in [1.807, 2.05) is 74.5 Å². The second-order valence-corrected chi connectivity index (χ2v) is 18.3. The molecule has 4 N–H and O–H groups in total. The van der Waals surface area contributed by atoms with E-state index in [4.69, 9.17) is 24.8 Å². The molecule has 11 heteroatoms. The van der Waals surface area contributed by atoms with Crippen LogP contribution in [0.15, 0.2) is 141 Å². The van der Waals surface area contributed by atoms with E-state index < -0.39 is 22.4 Å². The SMILES string of the molecule is C#CC(C)(C)O.CC(C)(O)C#Cc1ccc2c(c1)c(=O)oc1cc(O)ccc12.Cc1ccc2c(c1)oc(=O)c1cc(Br)ccc12.Cc1ccc2c(c1)oc(=O)c1cc(C#CC(C)(C)O)ccc12. The minimum absolute atomic E-state index is 0.0441. The summed E-state index contributed by atoms with van der Waals surface area (Å²) >= 11 is 3.36. The summed E-state index contributed by atoms with van der Waals surface area (Å²) in [4.78, 5) is 36.2. The second-order valence-electron chi connectivity index (χ2n) is 17.4. The van der Waals surface area contributed by atoms with E-state index in [1.165, 1.54) is 6.07 Å². The highest BCUT2D eigenvalue weighted by atomic mass is 79.9. The van der Waals surface area contributed by atoms with Gasteiger partial charge >= 0.3 is 16.9 Å². The van der Waals surface area contributed by atoms with Crippen LogP contribution in [-0.2, 0) is 0 Å². The first-order valence-electron chi connectivity index (χ1n) is 20.9. The number of phenolic OH excluding ortho intramolecular Hbond substituents is 1. The Morgan fingerprint density at radius 1 is 0.463 bits per heavy atom. The molecule has 0 unspecified atom stereocenters. The first-order chi connectivity index (χ1) is 31.4. The van der Waals surface area contributed by atoms with Crippen molar-refractivity contribution >= 4 is 81.2 Å². The lowest BCUT2D eigenvalue weighted by atomic mass is 10.0. The summed E-state index contributed by atoms with van der Waals surface area (Å²) in [5.41, 5.74) is 0.749. The Morgan fingerprint density at radius 3 is 1.19 bits per heavy atom. The molecule has 0 spiro atoms. The van der Waals surface area contributed by atoms with Crippen LogP contribution in [0.25, 0.3) is 65.2 Å². The first kappa shape index (κ1) is 49.0. The zero-order chi connectivity index (χ0) is 49.0. The third-order valence-electron chi connectivity index (χ3n) is 9.78. The maximum atomic E-state index is 12.2. The molecule has 67 heavy (non-hydrogen) atoms. The van der Waals surface area contributed by atoms with Crippen LogP contribution in [0.5, 0.6) is 5.75 Å². The fourth-order valence-corrected chi connectivity index (χ4v) is 6.94. The van der Waals surface area contributed by atoms with Gasteiger partial charge in [0.15, 0.2) is 0 Å². The summed E-state index contributed by atoms with van der Waals surface area (Å²) < 4.78 is 16.9. The van der Waals surface area contributed by atoms with Gasteiger partial charge in [-0.05, 0) is 133 Å². The van der Waals surface area contributed by atoms with E-state index in [0.717, 1.165) is 47.9 Å². The number of benzene rings is 6. The maximum absolute atomic E-state index is 12.2. The smallest absolute Gasteiger partial charge is 0.344 e. The van der Waals surface area contributed by atoms with E-state index in [9.17, 15) is 29.7 Å². The first-order valence-corrected chi connectivity index (χ1v) is 21.7. The largest absolute Gasteiger partial charge is 0.508 e. The standard InChI is InChI=1S/C19H16O3.C18H14O4.C14H9BrO2.C5H8O/c1-12-4-6-15-14-7-5-13(8-9-19(2,3)21)11-16(14)18(20)22-17(15)10-12;1-18(2,21)8-7-11-3-5-13-14-6-4-12(19)10-16(14)22-17(20)15(13)9-11;1-8-2-4-11-10-5-3-9(15)7-12(10)14(16)17-13(11)6-8;1-4-5(2,3)6/h4-7,10-11,21H,1-3H3;3-6,9-10,19,21H,1-2H3;2-7H,1H3;1,6H,2-3H3. The number of phenols is 1. The molecular formula is C56H47BrO10. The van der Waals surface area contributed by atoms with Gasteiger partial charge in [-0.2, -0.15) is 0 Å².